The fraction of sp³-hybridized carbons (Fsp3) is 0.450. The van der Waals surface area contributed by atoms with Gasteiger partial charge in [0.05, 0.1) is 12.6 Å². The van der Waals surface area contributed by atoms with Crippen LogP contribution in [0.15, 0.2) is 24.3 Å². The zero-order valence-corrected chi connectivity index (χ0v) is 17.9. The Kier molecular flexibility index (Phi) is 10.7. The van der Waals surface area contributed by atoms with Gasteiger partial charge in [-0.15, -0.1) is 0 Å². The van der Waals surface area contributed by atoms with Gasteiger partial charge in [-0.2, -0.15) is 0 Å². The average Bonchev–Trinajstić information content (AvgIpc) is 2.75. The molecule has 182 valence electrons. The summed E-state index contributed by atoms with van der Waals surface area (Å²) in [5, 5.41) is 42.8. The van der Waals surface area contributed by atoms with Crippen LogP contribution in [-0.4, -0.2) is 80.9 Å². The molecule has 0 spiro atoms. The van der Waals surface area contributed by atoms with E-state index in [4.69, 9.17) is 21.1 Å². The van der Waals surface area contributed by atoms with Crippen LogP contribution in [0.2, 0.25) is 0 Å². The van der Waals surface area contributed by atoms with Crippen LogP contribution in [0.3, 0.4) is 0 Å². The van der Waals surface area contributed by atoms with Crippen LogP contribution in [0.4, 0.5) is 0 Å². The number of benzene rings is 1. The minimum atomic E-state index is -1.64. The minimum absolute atomic E-state index is 0.0530. The number of hydrogen-bond acceptors (Lipinski definition) is 8. The Morgan fingerprint density at radius 1 is 0.909 bits per heavy atom. The van der Waals surface area contributed by atoms with E-state index < -0.39 is 66.9 Å². The fourth-order valence-corrected chi connectivity index (χ4v) is 2.66. The summed E-state index contributed by atoms with van der Waals surface area (Å²) in [5.41, 5.74) is 6.53. The maximum absolute atomic E-state index is 12.5. The molecule has 0 aliphatic heterocycles. The van der Waals surface area contributed by atoms with Gasteiger partial charge in [0.1, 0.15) is 23.9 Å². The second-order valence-corrected chi connectivity index (χ2v) is 7.28. The van der Waals surface area contributed by atoms with Crippen LogP contribution in [0.1, 0.15) is 25.3 Å². The Morgan fingerprint density at radius 3 is 2.00 bits per heavy atom. The number of aliphatic carboxylic acids is 2. The molecule has 9 N–H and O–H groups in total. The first kappa shape index (κ1) is 27.3. The number of nitrogens with two attached hydrogens (primary N) is 1. The van der Waals surface area contributed by atoms with Crippen molar-refractivity contribution in [2.75, 3.05) is 6.61 Å². The molecule has 0 heterocycles. The van der Waals surface area contributed by atoms with Gasteiger partial charge in [0.2, 0.25) is 17.7 Å². The monoisotopic (exact) mass is 468 g/mol. The lowest BCUT2D eigenvalue weighted by Crippen LogP contribution is -2.57. The van der Waals surface area contributed by atoms with Crippen LogP contribution >= 0.6 is 0 Å². The number of carboxylic acids is 2. The Morgan fingerprint density at radius 2 is 1.48 bits per heavy atom. The topological polar surface area (TPSA) is 228 Å². The number of carbonyl (C=O) groups is 5. The van der Waals surface area contributed by atoms with Crippen molar-refractivity contribution in [2.24, 2.45) is 5.73 Å². The van der Waals surface area contributed by atoms with Gasteiger partial charge in [-0.05, 0) is 37.5 Å². The number of aliphatic hydroxyl groups is 1. The number of carbonyl (C=O) groups excluding carboxylic acids is 3. The second kappa shape index (κ2) is 13.0. The molecule has 0 saturated heterocycles. The molecule has 3 amide bonds. The number of rotatable bonds is 13. The molecule has 4 unspecified atom stereocenters. The summed E-state index contributed by atoms with van der Waals surface area (Å²) < 4.78 is 0. The molecular weight excluding hydrogens is 440 g/mol. The van der Waals surface area contributed by atoms with Crippen molar-refractivity contribution in [3.63, 3.8) is 0 Å². The number of hydrogen-bond donors (Lipinski definition) is 8. The fourth-order valence-electron chi connectivity index (χ4n) is 2.66. The van der Waals surface area contributed by atoms with E-state index in [1.165, 1.54) is 19.1 Å². The zero-order chi connectivity index (χ0) is 25.1. The summed E-state index contributed by atoms with van der Waals surface area (Å²) in [7, 11) is 0. The minimum Gasteiger partial charge on any atom is -0.508 e. The summed E-state index contributed by atoms with van der Waals surface area (Å²) in [6, 6.07) is 0.799. The van der Waals surface area contributed by atoms with Gasteiger partial charge in [0, 0.05) is 6.42 Å². The molecule has 1 rings (SSSR count). The highest BCUT2D eigenvalue weighted by atomic mass is 16.4. The summed E-state index contributed by atoms with van der Waals surface area (Å²) >= 11 is 0. The molecule has 0 aliphatic rings. The van der Waals surface area contributed by atoms with E-state index in [0.717, 1.165) is 0 Å². The Hall–Kier alpha value is -3.71. The third-order valence-electron chi connectivity index (χ3n) is 4.56. The third-order valence-corrected chi connectivity index (χ3v) is 4.56. The maximum Gasteiger partial charge on any atom is 0.328 e. The molecular formula is C20H28N4O9. The van der Waals surface area contributed by atoms with Crippen LogP contribution in [-0.2, 0) is 30.4 Å². The first-order chi connectivity index (χ1) is 15.4. The standard InChI is InChI=1S/C20H28N4O9/c1-10(22-18(30)13(21)8-11-2-4-12(26)5-3-11)17(29)23-14(6-7-16(27)28)19(31)24-15(9-25)20(32)33/h2-5,10,13-15,25-26H,6-9,21H2,1H3,(H,22,30)(H,23,29)(H,24,31)(H,27,28)(H,32,33). The van der Waals surface area contributed by atoms with E-state index in [9.17, 15) is 29.1 Å². The quantitative estimate of drug-likeness (QED) is 0.154. The van der Waals surface area contributed by atoms with Gasteiger partial charge < -0.3 is 42.1 Å². The van der Waals surface area contributed by atoms with Crippen LogP contribution in [0.5, 0.6) is 5.75 Å². The predicted molar refractivity (Wildman–Crippen MR) is 113 cm³/mol. The number of amides is 3. The molecule has 1 aromatic carbocycles. The average molecular weight is 468 g/mol. The van der Waals surface area contributed by atoms with Crippen molar-refractivity contribution in [2.45, 2.75) is 50.4 Å². The van der Waals surface area contributed by atoms with E-state index in [1.54, 1.807) is 12.1 Å². The molecule has 13 heteroatoms. The van der Waals surface area contributed by atoms with Crippen molar-refractivity contribution in [1.82, 2.24) is 16.0 Å². The highest BCUT2D eigenvalue weighted by Crippen LogP contribution is 2.11. The lowest BCUT2D eigenvalue weighted by atomic mass is 10.1. The molecule has 0 aromatic heterocycles. The Balaban J connectivity index is 2.74. The number of nitrogens with one attached hydrogen (secondary N) is 3. The smallest absolute Gasteiger partial charge is 0.328 e. The molecule has 0 bridgehead atoms. The zero-order valence-electron chi connectivity index (χ0n) is 17.9. The summed E-state index contributed by atoms with van der Waals surface area (Å²) in [6.45, 7) is 0.409. The number of phenolic OH excluding ortho intramolecular Hbond substituents is 1. The van der Waals surface area contributed by atoms with Gasteiger partial charge in [-0.25, -0.2) is 4.79 Å². The molecule has 1 aromatic rings. The van der Waals surface area contributed by atoms with E-state index in [1.807, 2.05) is 5.32 Å². The van der Waals surface area contributed by atoms with E-state index in [0.29, 0.717) is 5.56 Å². The van der Waals surface area contributed by atoms with Gasteiger partial charge in [0.25, 0.3) is 0 Å². The molecule has 0 fully saturated rings. The largest absolute Gasteiger partial charge is 0.508 e. The van der Waals surface area contributed by atoms with Crippen molar-refractivity contribution in [3.8, 4) is 5.75 Å². The summed E-state index contributed by atoms with van der Waals surface area (Å²) in [5.74, 6) is -5.21. The molecule has 4 atom stereocenters. The molecule has 0 radical (unpaired) electrons. The van der Waals surface area contributed by atoms with E-state index in [-0.39, 0.29) is 18.6 Å². The Labute approximate surface area is 189 Å². The predicted octanol–water partition coefficient (Wildman–Crippen LogP) is -2.32. The third kappa shape index (κ3) is 9.53. The summed E-state index contributed by atoms with van der Waals surface area (Å²) in [4.78, 5) is 58.9. The number of carboxylic acid groups (broad SMARTS) is 2. The van der Waals surface area contributed by atoms with Crippen molar-refractivity contribution in [1.29, 1.82) is 0 Å². The first-order valence-corrected chi connectivity index (χ1v) is 9.94. The molecule has 33 heavy (non-hydrogen) atoms. The molecule has 0 saturated carbocycles. The molecule has 13 nitrogen and oxygen atoms in total. The maximum atomic E-state index is 12.5. The second-order valence-electron chi connectivity index (χ2n) is 7.28. The van der Waals surface area contributed by atoms with Crippen LogP contribution < -0.4 is 21.7 Å². The Bertz CT molecular complexity index is 860. The van der Waals surface area contributed by atoms with Gasteiger partial charge in [-0.3, -0.25) is 19.2 Å². The number of aromatic hydroxyl groups is 1. The highest BCUT2D eigenvalue weighted by molar-refractivity contribution is 5.94. The van der Waals surface area contributed by atoms with E-state index >= 15 is 0 Å². The van der Waals surface area contributed by atoms with Crippen molar-refractivity contribution >= 4 is 29.7 Å². The lowest BCUT2D eigenvalue weighted by Gasteiger charge is -2.23. The van der Waals surface area contributed by atoms with Gasteiger partial charge >= 0.3 is 11.9 Å². The van der Waals surface area contributed by atoms with E-state index in [2.05, 4.69) is 10.6 Å². The van der Waals surface area contributed by atoms with Crippen LogP contribution in [0, 0.1) is 0 Å². The highest BCUT2D eigenvalue weighted by Gasteiger charge is 2.29. The van der Waals surface area contributed by atoms with Crippen molar-refractivity contribution < 1.29 is 44.4 Å². The van der Waals surface area contributed by atoms with Crippen molar-refractivity contribution in [3.05, 3.63) is 29.8 Å². The summed E-state index contributed by atoms with van der Waals surface area (Å²) in [6.07, 6.45) is -0.735. The number of phenols is 1. The SMILES string of the molecule is CC(NC(=O)C(N)Cc1ccc(O)cc1)C(=O)NC(CCC(=O)O)C(=O)NC(CO)C(=O)O. The number of aliphatic hydroxyl groups excluding tert-OH is 1. The molecule has 0 aliphatic carbocycles. The first-order valence-electron chi connectivity index (χ1n) is 9.94. The van der Waals surface area contributed by atoms with Crippen LogP contribution in [0.25, 0.3) is 0 Å². The van der Waals surface area contributed by atoms with Gasteiger partial charge in [-0.1, -0.05) is 12.1 Å². The normalized spacial score (nSPS) is 14.3. The lowest BCUT2D eigenvalue weighted by molar-refractivity contribution is -0.144. The van der Waals surface area contributed by atoms with Gasteiger partial charge in [0.15, 0.2) is 0 Å².